The molecule has 2 rings (SSSR count). The van der Waals surface area contributed by atoms with Gasteiger partial charge in [-0.15, -0.1) is 0 Å². The van der Waals surface area contributed by atoms with Gasteiger partial charge in [0.15, 0.2) is 0 Å². The van der Waals surface area contributed by atoms with Crippen molar-refractivity contribution >= 4 is 5.91 Å². The molecule has 18 heavy (non-hydrogen) atoms. The van der Waals surface area contributed by atoms with Crippen LogP contribution in [-0.2, 0) is 9.53 Å². The summed E-state index contributed by atoms with van der Waals surface area (Å²) in [4.78, 5) is 12.2. The van der Waals surface area contributed by atoms with Crippen molar-refractivity contribution in [2.24, 2.45) is 16.6 Å². The quantitative estimate of drug-likeness (QED) is 0.783. The van der Waals surface area contributed by atoms with Crippen molar-refractivity contribution < 1.29 is 9.53 Å². The number of rotatable bonds is 2. The number of ether oxygens (including phenoxy) is 1. The molecule has 104 valence electrons. The molecule has 0 bridgehead atoms. The Labute approximate surface area is 110 Å². The summed E-state index contributed by atoms with van der Waals surface area (Å²) in [6, 6.07) is 0.228. The molecule has 4 nitrogen and oxygen atoms in total. The van der Waals surface area contributed by atoms with Crippen molar-refractivity contribution in [2.75, 3.05) is 0 Å². The van der Waals surface area contributed by atoms with Gasteiger partial charge in [-0.1, -0.05) is 27.7 Å². The molecule has 0 radical (unpaired) electrons. The van der Waals surface area contributed by atoms with Crippen molar-refractivity contribution in [3.05, 3.63) is 0 Å². The number of carbonyl (C=O) groups is 1. The highest BCUT2D eigenvalue weighted by molar-refractivity contribution is 5.81. The Kier molecular flexibility index (Phi) is 3.23. The van der Waals surface area contributed by atoms with Gasteiger partial charge in [0.25, 0.3) is 0 Å². The van der Waals surface area contributed by atoms with Crippen LogP contribution in [0.4, 0.5) is 0 Å². The molecule has 1 saturated carbocycles. The first kappa shape index (κ1) is 13.8. The molecule has 1 aliphatic carbocycles. The summed E-state index contributed by atoms with van der Waals surface area (Å²) in [6.07, 6.45) is 1.72. The predicted octanol–water partition coefficient (Wildman–Crippen LogP) is 1.43. The van der Waals surface area contributed by atoms with E-state index in [1.165, 1.54) is 0 Å². The molecule has 1 saturated heterocycles. The first-order valence-corrected chi connectivity index (χ1v) is 6.88. The van der Waals surface area contributed by atoms with E-state index in [-0.39, 0.29) is 41.0 Å². The van der Waals surface area contributed by atoms with Gasteiger partial charge in [0.1, 0.15) is 6.10 Å². The van der Waals surface area contributed by atoms with Crippen molar-refractivity contribution in [3.63, 3.8) is 0 Å². The van der Waals surface area contributed by atoms with Crippen LogP contribution in [0.25, 0.3) is 0 Å². The third-order valence-electron chi connectivity index (χ3n) is 4.90. The number of amides is 1. The summed E-state index contributed by atoms with van der Waals surface area (Å²) < 4.78 is 5.61. The van der Waals surface area contributed by atoms with E-state index in [9.17, 15) is 4.79 Å². The lowest BCUT2D eigenvalue weighted by molar-refractivity contribution is -0.142. The first-order valence-electron chi connectivity index (χ1n) is 6.88. The zero-order valence-electron chi connectivity index (χ0n) is 12.1. The minimum Gasteiger partial charge on any atom is -0.365 e. The summed E-state index contributed by atoms with van der Waals surface area (Å²) in [5.74, 6) is 0.0254. The van der Waals surface area contributed by atoms with Crippen LogP contribution in [0.15, 0.2) is 0 Å². The Balaban J connectivity index is 1.99. The van der Waals surface area contributed by atoms with Gasteiger partial charge >= 0.3 is 0 Å². The molecule has 2 aliphatic rings. The summed E-state index contributed by atoms with van der Waals surface area (Å²) in [6.45, 7) is 10.5. The Bertz CT molecular complexity index is 336. The molecule has 1 amide bonds. The summed E-state index contributed by atoms with van der Waals surface area (Å²) in [5, 5.41) is 3.15. The van der Waals surface area contributed by atoms with Gasteiger partial charge in [-0.3, -0.25) is 4.79 Å². The van der Waals surface area contributed by atoms with Gasteiger partial charge in [0.2, 0.25) is 5.91 Å². The van der Waals surface area contributed by atoms with E-state index in [1.54, 1.807) is 0 Å². The van der Waals surface area contributed by atoms with E-state index in [0.29, 0.717) is 0 Å². The molecule has 0 aromatic rings. The smallest absolute Gasteiger partial charge is 0.249 e. The highest BCUT2D eigenvalue weighted by Gasteiger charge is 2.60. The lowest BCUT2D eigenvalue weighted by atomic mass is 9.48. The topological polar surface area (TPSA) is 64.4 Å². The van der Waals surface area contributed by atoms with Crippen LogP contribution in [0.3, 0.4) is 0 Å². The minimum atomic E-state index is -0.275. The van der Waals surface area contributed by atoms with E-state index in [1.807, 2.05) is 6.92 Å². The fraction of sp³-hybridized carbons (Fsp3) is 0.929. The van der Waals surface area contributed by atoms with Crippen LogP contribution in [0.2, 0.25) is 0 Å². The van der Waals surface area contributed by atoms with Gasteiger partial charge in [0, 0.05) is 22.9 Å². The average molecular weight is 254 g/mol. The normalized spacial score (nSPS) is 41.2. The molecule has 1 heterocycles. The van der Waals surface area contributed by atoms with Crippen LogP contribution in [0.1, 0.15) is 47.5 Å². The van der Waals surface area contributed by atoms with E-state index < -0.39 is 0 Å². The van der Waals surface area contributed by atoms with E-state index in [2.05, 4.69) is 33.0 Å². The highest BCUT2D eigenvalue weighted by atomic mass is 16.5. The van der Waals surface area contributed by atoms with Crippen LogP contribution in [-0.4, -0.2) is 30.2 Å². The average Bonchev–Trinajstić information content (AvgIpc) is 2.71. The van der Waals surface area contributed by atoms with Crippen molar-refractivity contribution in [3.8, 4) is 0 Å². The summed E-state index contributed by atoms with van der Waals surface area (Å²) >= 11 is 0. The molecule has 4 heteroatoms. The molecule has 2 unspecified atom stereocenters. The first-order chi connectivity index (χ1) is 8.17. The van der Waals surface area contributed by atoms with Crippen molar-refractivity contribution in [2.45, 2.75) is 71.8 Å². The standard InChI is InChI=1S/C14H26N2O2/c1-8-6-7-9(18-8)10(17)16-12-13(2,3)11(15)14(12,4)5/h8-9,11-12H,6-7,15H2,1-5H3,(H,16,17). The van der Waals surface area contributed by atoms with Gasteiger partial charge in [-0.25, -0.2) is 0 Å². The number of hydrogen-bond acceptors (Lipinski definition) is 3. The molecular weight excluding hydrogens is 228 g/mol. The van der Waals surface area contributed by atoms with Gasteiger partial charge in [-0.2, -0.15) is 0 Å². The van der Waals surface area contributed by atoms with E-state index in [4.69, 9.17) is 10.5 Å². The third-order valence-corrected chi connectivity index (χ3v) is 4.90. The second-order valence-electron chi connectivity index (χ2n) is 7.07. The lowest BCUT2D eigenvalue weighted by Crippen LogP contribution is -2.76. The Morgan fingerprint density at radius 1 is 1.22 bits per heavy atom. The van der Waals surface area contributed by atoms with E-state index in [0.717, 1.165) is 12.8 Å². The molecule has 0 spiro atoms. The molecule has 0 aromatic carbocycles. The minimum absolute atomic E-state index is 0.0254. The Morgan fingerprint density at radius 2 is 1.78 bits per heavy atom. The van der Waals surface area contributed by atoms with Crippen LogP contribution in [0, 0.1) is 10.8 Å². The fourth-order valence-electron chi connectivity index (χ4n) is 3.78. The third kappa shape index (κ3) is 1.95. The highest BCUT2D eigenvalue weighted by Crippen LogP contribution is 2.52. The van der Waals surface area contributed by atoms with Gasteiger partial charge in [0.05, 0.1) is 6.10 Å². The fourth-order valence-corrected chi connectivity index (χ4v) is 3.78. The zero-order valence-corrected chi connectivity index (χ0v) is 12.1. The van der Waals surface area contributed by atoms with Crippen LogP contribution < -0.4 is 11.1 Å². The summed E-state index contributed by atoms with van der Waals surface area (Å²) in [5.41, 5.74) is 6.09. The maximum absolute atomic E-state index is 12.2. The summed E-state index contributed by atoms with van der Waals surface area (Å²) in [7, 11) is 0. The Morgan fingerprint density at radius 3 is 2.22 bits per heavy atom. The molecule has 1 aliphatic heterocycles. The monoisotopic (exact) mass is 254 g/mol. The van der Waals surface area contributed by atoms with Gasteiger partial charge < -0.3 is 15.8 Å². The number of hydrogen-bond donors (Lipinski definition) is 2. The SMILES string of the molecule is CC1CCC(C(=O)NC2C(C)(C)C(N)C2(C)C)O1. The number of nitrogens with one attached hydrogen (secondary N) is 1. The Hall–Kier alpha value is -0.610. The van der Waals surface area contributed by atoms with Crippen molar-refractivity contribution in [1.29, 1.82) is 0 Å². The maximum Gasteiger partial charge on any atom is 0.249 e. The number of nitrogens with two attached hydrogens (primary N) is 1. The van der Waals surface area contributed by atoms with E-state index >= 15 is 0 Å². The molecule has 3 N–H and O–H groups in total. The maximum atomic E-state index is 12.2. The second kappa shape index (κ2) is 4.20. The predicted molar refractivity (Wildman–Crippen MR) is 71.0 cm³/mol. The second-order valence-corrected chi connectivity index (χ2v) is 7.07. The molecule has 2 atom stereocenters. The van der Waals surface area contributed by atoms with Crippen LogP contribution >= 0.6 is 0 Å². The molecule has 2 fully saturated rings. The lowest BCUT2D eigenvalue weighted by Gasteiger charge is -2.63. The van der Waals surface area contributed by atoms with Crippen molar-refractivity contribution in [1.82, 2.24) is 5.32 Å². The van der Waals surface area contributed by atoms with Crippen LogP contribution in [0.5, 0.6) is 0 Å². The largest absolute Gasteiger partial charge is 0.365 e. The molecular formula is C14H26N2O2. The van der Waals surface area contributed by atoms with Gasteiger partial charge in [-0.05, 0) is 19.8 Å². The molecule has 0 aromatic heterocycles. The zero-order chi connectivity index (χ0) is 13.7. The number of carbonyl (C=O) groups excluding carboxylic acids is 1.